The largest absolute Gasteiger partial charge is 0.496 e. The van der Waals surface area contributed by atoms with E-state index in [1.165, 1.54) is 11.8 Å². The summed E-state index contributed by atoms with van der Waals surface area (Å²) < 4.78 is 5.03. The third-order valence-electron chi connectivity index (χ3n) is 1.74. The predicted molar refractivity (Wildman–Crippen MR) is 51.2 cm³/mol. The monoisotopic (exact) mass is 194 g/mol. The summed E-state index contributed by atoms with van der Waals surface area (Å²) in [5.41, 5.74) is 0.821. The van der Waals surface area contributed by atoms with Gasteiger partial charge in [0.05, 0.1) is 18.6 Å². The number of ether oxygens (including phenoxy) is 1. The molecule has 1 N–H and O–H groups in total. The lowest BCUT2D eigenvalue weighted by Gasteiger charge is -2.16. The van der Waals surface area contributed by atoms with E-state index in [0.717, 1.165) is 10.6 Å². The number of fused-ring (bicyclic) bond motifs is 1. The topological polar surface area (TPSA) is 38.3 Å². The van der Waals surface area contributed by atoms with Crippen LogP contribution in [0.1, 0.15) is 0 Å². The number of methoxy groups -OCH3 is 1. The predicted octanol–water partition coefficient (Wildman–Crippen LogP) is 1.54. The molecule has 0 aromatic heterocycles. The summed E-state index contributed by atoms with van der Waals surface area (Å²) in [5, 5.41) is 2.76. The molecule has 0 aliphatic carbocycles. The van der Waals surface area contributed by atoms with Crippen molar-refractivity contribution >= 4 is 23.4 Å². The van der Waals surface area contributed by atoms with Gasteiger partial charge >= 0.3 is 0 Å². The maximum absolute atomic E-state index is 11.0. The number of hydrogen-bond acceptors (Lipinski definition) is 3. The second-order valence-corrected chi connectivity index (χ2v) is 3.63. The first-order valence-electron chi connectivity index (χ1n) is 3.82. The van der Waals surface area contributed by atoms with Gasteiger partial charge in [0.25, 0.3) is 0 Å². The number of nitrogens with one attached hydrogen (secondary N) is 1. The minimum absolute atomic E-state index is 0.0380. The van der Waals surface area contributed by atoms with Gasteiger partial charge in [0.15, 0.2) is 0 Å². The molecule has 0 spiro atoms. The lowest BCUT2D eigenvalue weighted by Crippen LogP contribution is -2.18. The van der Waals surface area contributed by atoms with E-state index in [-0.39, 0.29) is 5.91 Å². The molecule has 67 valence electrons. The Kier molecular flexibility index (Phi) is 2.14. The summed E-state index contributed by atoms with van der Waals surface area (Å²) in [4.78, 5) is 12.0. The zero-order valence-electron chi connectivity index (χ0n) is 7.09. The average Bonchev–Trinajstić information content (AvgIpc) is 2.17. The van der Waals surface area contributed by atoms with Gasteiger partial charge in [-0.2, -0.15) is 0 Å². The number of carbonyl (C=O) groups is 1. The van der Waals surface area contributed by atoms with E-state index in [1.54, 1.807) is 13.2 Å². The van der Waals surface area contributed by atoms with E-state index in [0.29, 0.717) is 11.5 Å². The smallest absolute Gasteiger partial charge is 0.234 e. The van der Waals surface area contributed by atoms with Crippen LogP contribution in [0.5, 0.6) is 5.75 Å². The van der Waals surface area contributed by atoms with Crippen LogP contribution in [0, 0.1) is 6.07 Å². The van der Waals surface area contributed by atoms with Crippen molar-refractivity contribution in [1.29, 1.82) is 0 Å². The Morgan fingerprint density at radius 1 is 1.69 bits per heavy atom. The Bertz CT molecular complexity index is 351. The highest BCUT2D eigenvalue weighted by molar-refractivity contribution is 8.00. The molecule has 0 saturated heterocycles. The summed E-state index contributed by atoms with van der Waals surface area (Å²) in [6.07, 6.45) is 0. The highest BCUT2D eigenvalue weighted by atomic mass is 32.2. The molecule has 1 aromatic rings. The van der Waals surface area contributed by atoms with Crippen LogP contribution in [0.25, 0.3) is 0 Å². The minimum atomic E-state index is 0.0380. The van der Waals surface area contributed by atoms with Crippen LogP contribution in [0.2, 0.25) is 0 Å². The van der Waals surface area contributed by atoms with Gasteiger partial charge in [-0.15, -0.1) is 11.8 Å². The molecule has 13 heavy (non-hydrogen) atoms. The molecule has 1 heterocycles. The van der Waals surface area contributed by atoms with Gasteiger partial charge in [0.2, 0.25) is 5.91 Å². The van der Waals surface area contributed by atoms with E-state index in [9.17, 15) is 4.79 Å². The summed E-state index contributed by atoms with van der Waals surface area (Å²) in [6.45, 7) is 0. The molecule has 1 aromatic carbocycles. The van der Waals surface area contributed by atoms with Crippen LogP contribution in [-0.4, -0.2) is 18.8 Å². The SMILES string of the molecule is COc1[c]cc2c(c1)SCC(=O)N2. The standard InChI is InChI=1S/C9H8NO2S/c1-12-6-2-3-7-8(4-6)13-5-9(11)10-7/h3-4H,5H2,1H3,(H,10,11). The fourth-order valence-electron chi connectivity index (χ4n) is 1.12. The number of amides is 1. The molecular weight excluding hydrogens is 186 g/mol. The van der Waals surface area contributed by atoms with Crippen LogP contribution in [-0.2, 0) is 4.79 Å². The van der Waals surface area contributed by atoms with Crippen LogP contribution in [0.3, 0.4) is 0 Å². The van der Waals surface area contributed by atoms with Gasteiger partial charge in [0, 0.05) is 11.0 Å². The Morgan fingerprint density at radius 3 is 3.31 bits per heavy atom. The average molecular weight is 194 g/mol. The summed E-state index contributed by atoms with van der Waals surface area (Å²) >= 11 is 1.51. The zero-order valence-corrected chi connectivity index (χ0v) is 7.90. The maximum Gasteiger partial charge on any atom is 0.234 e. The fourth-order valence-corrected chi connectivity index (χ4v) is 1.93. The van der Waals surface area contributed by atoms with Crippen LogP contribution in [0.4, 0.5) is 5.69 Å². The normalized spacial score (nSPS) is 14.7. The number of benzene rings is 1. The number of hydrogen-bond donors (Lipinski definition) is 1. The van der Waals surface area contributed by atoms with Gasteiger partial charge in [0.1, 0.15) is 5.75 Å². The summed E-state index contributed by atoms with van der Waals surface area (Å²) in [7, 11) is 1.60. The molecule has 0 saturated carbocycles. The molecule has 1 aliphatic rings. The molecule has 1 aliphatic heterocycles. The molecule has 0 unspecified atom stereocenters. The van der Waals surface area contributed by atoms with Crippen molar-refractivity contribution in [1.82, 2.24) is 0 Å². The molecular formula is C9H8NO2S. The lowest BCUT2D eigenvalue weighted by atomic mass is 10.3. The van der Waals surface area contributed by atoms with Gasteiger partial charge in [-0.1, -0.05) is 0 Å². The molecule has 0 bridgehead atoms. The van der Waals surface area contributed by atoms with Crippen molar-refractivity contribution in [2.75, 3.05) is 18.2 Å². The van der Waals surface area contributed by atoms with Gasteiger partial charge < -0.3 is 10.1 Å². The Labute approximate surface area is 80.5 Å². The Morgan fingerprint density at radius 2 is 2.54 bits per heavy atom. The fraction of sp³-hybridized carbons (Fsp3) is 0.222. The van der Waals surface area contributed by atoms with Crippen molar-refractivity contribution in [3.63, 3.8) is 0 Å². The third kappa shape index (κ3) is 1.62. The zero-order chi connectivity index (χ0) is 9.26. The first kappa shape index (κ1) is 8.44. The van der Waals surface area contributed by atoms with E-state index in [2.05, 4.69) is 11.4 Å². The number of rotatable bonds is 1. The first-order chi connectivity index (χ1) is 6.29. The second-order valence-electron chi connectivity index (χ2n) is 2.62. The van der Waals surface area contributed by atoms with Gasteiger partial charge in [-0.25, -0.2) is 0 Å². The van der Waals surface area contributed by atoms with Crippen molar-refractivity contribution in [3.8, 4) is 5.75 Å². The van der Waals surface area contributed by atoms with E-state index >= 15 is 0 Å². The van der Waals surface area contributed by atoms with Crippen molar-refractivity contribution in [2.24, 2.45) is 0 Å². The molecule has 1 radical (unpaired) electrons. The van der Waals surface area contributed by atoms with Crippen LogP contribution >= 0.6 is 11.8 Å². The third-order valence-corrected chi connectivity index (χ3v) is 2.79. The Balaban J connectivity index is 2.36. The number of thioether (sulfide) groups is 1. The van der Waals surface area contributed by atoms with Crippen LogP contribution in [0.15, 0.2) is 17.0 Å². The summed E-state index contributed by atoms with van der Waals surface area (Å²) in [6, 6.07) is 6.53. The van der Waals surface area contributed by atoms with Gasteiger partial charge in [-0.3, -0.25) is 4.79 Å². The Hall–Kier alpha value is -1.16. The molecule has 2 rings (SSSR count). The van der Waals surface area contributed by atoms with Gasteiger partial charge in [-0.05, 0) is 12.1 Å². The van der Waals surface area contributed by atoms with Crippen molar-refractivity contribution in [3.05, 3.63) is 18.2 Å². The van der Waals surface area contributed by atoms with E-state index in [1.807, 2.05) is 6.07 Å². The number of carbonyl (C=O) groups excluding carboxylic acids is 1. The lowest BCUT2D eigenvalue weighted by molar-refractivity contribution is -0.113. The van der Waals surface area contributed by atoms with Crippen molar-refractivity contribution in [2.45, 2.75) is 4.90 Å². The molecule has 3 nitrogen and oxygen atoms in total. The molecule has 0 fully saturated rings. The van der Waals surface area contributed by atoms with Crippen LogP contribution < -0.4 is 10.1 Å². The minimum Gasteiger partial charge on any atom is -0.496 e. The highest BCUT2D eigenvalue weighted by Crippen LogP contribution is 2.33. The molecule has 1 amide bonds. The molecule has 4 heteroatoms. The first-order valence-corrected chi connectivity index (χ1v) is 4.80. The highest BCUT2D eigenvalue weighted by Gasteiger charge is 2.15. The van der Waals surface area contributed by atoms with Crippen molar-refractivity contribution < 1.29 is 9.53 Å². The molecule has 0 atom stereocenters. The van der Waals surface area contributed by atoms with E-state index < -0.39 is 0 Å². The second kappa shape index (κ2) is 3.30. The summed E-state index contributed by atoms with van der Waals surface area (Å²) in [5.74, 6) is 1.21. The maximum atomic E-state index is 11.0. The quantitative estimate of drug-likeness (QED) is 0.737. The number of anilines is 1. The van der Waals surface area contributed by atoms with E-state index in [4.69, 9.17) is 4.74 Å².